The van der Waals surface area contributed by atoms with Crippen molar-refractivity contribution in [2.75, 3.05) is 24.3 Å². The van der Waals surface area contributed by atoms with E-state index in [1.54, 1.807) is 18.2 Å². The first-order valence-electron chi connectivity index (χ1n) is 12.5. The van der Waals surface area contributed by atoms with Gasteiger partial charge in [0.25, 0.3) is 0 Å². The average Bonchev–Trinajstić information content (AvgIpc) is 2.75. The topological polar surface area (TPSA) is 41.5 Å². The van der Waals surface area contributed by atoms with Crippen molar-refractivity contribution in [3.05, 3.63) is 18.2 Å². The summed E-state index contributed by atoms with van der Waals surface area (Å²) in [6.45, 7) is 3.66. The third kappa shape index (κ3) is 14.8. The fourth-order valence-corrected chi connectivity index (χ4v) is 3.90. The second-order valence-electron chi connectivity index (χ2n) is 8.45. The van der Waals surface area contributed by atoms with Crippen molar-refractivity contribution in [3.63, 3.8) is 0 Å². The van der Waals surface area contributed by atoms with E-state index in [4.69, 9.17) is 16.3 Å². The second-order valence-corrected chi connectivity index (χ2v) is 8.83. The molecule has 1 aromatic rings. The van der Waals surface area contributed by atoms with E-state index in [2.05, 4.69) is 12.2 Å². The molecule has 0 aromatic heterocycles. The summed E-state index contributed by atoms with van der Waals surface area (Å²) in [4.78, 5) is 0. The molecule has 1 rings (SSSR count). The van der Waals surface area contributed by atoms with Gasteiger partial charge in [-0.25, -0.2) is 0 Å². The van der Waals surface area contributed by atoms with E-state index in [1.165, 1.54) is 96.3 Å². The maximum absolute atomic E-state index is 9.68. The molecule has 1 aromatic carbocycles. The molecule has 0 bridgehead atoms. The van der Waals surface area contributed by atoms with Crippen LogP contribution < -0.4 is 10.1 Å². The normalized spacial score (nSPS) is 11.0. The lowest BCUT2D eigenvalue weighted by molar-refractivity contribution is 0.343. The van der Waals surface area contributed by atoms with Gasteiger partial charge in [-0.1, -0.05) is 103 Å². The maximum Gasteiger partial charge on any atom is 0.142 e. The number of nitrogens with one attached hydrogen (secondary N) is 1. The van der Waals surface area contributed by atoms with Gasteiger partial charge in [0.15, 0.2) is 0 Å². The molecular formula is C26H46ClNO2. The Labute approximate surface area is 190 Å². The minimum Gasteiger partial charge on any atom is -0.508 e. The van der Waals surface area contributed by atoms with Crippen LogP contribution in [0, 0.1) is 0 Å². The van der Waals surface area contributed by atoms with Crippen LogP contribution in [0.2, 0.25) is 0 Å². The van der Waals surface area contributed by atoms with Crippen LogP contribution in [0.3, 0.4) is 0 Å². The van der Waals surface area contributed by atoms with Crippen LogP contribution in [-0.4, -0.2) is 24.1 Å². The number of benzene rings is 1. The summed E-state index contributed by atoms with van der Waals surface area (Å²) in [6.07, 6.45) is 22.1. The Morgan fingerprint density at radius 1 is 0.767 bits per heavy atom. The Hall–Kier alpha value is -1.09. The molecule has 0 radical (unpaired) electrons. The maximum atomic E-state index is 9.68. The van der Waals surface area contributed by atoms with E-state index in [0.717, 1.165) is 24.4 Å². The molecule has 0 saturated heterocycles. The van der Waals surface area contributed by atoms with Gasteiger partial charge in [0.1, 0.15) is 18.1 Å². The van der Waals surface area contributed by atoms with Crippen molar-refractivity contribution in [1.82, 2.24) is 0 Å². The van der Waals surface area contributed by atoms with Crippen LogP contribution in [0.5, 0.6) is 11.5 Å². The van der Waals surface area contributed by atoms with Crippen molar-refractivity contribution < 1.29 is 9.84 Å². The van der Waals surface area contributed by atoms with E-state index >= 15 is 0 Å². The highest BCUT2D eigenvalue weighted by molar-refractivity contribution is 6.18. The first kappa shape index (κ1) is 26.9. The van der Waals surface area contributed by atoms with E-state index in [-0.39, 0.29) is 5.75 Å². The molecule has 0 aliphatic rings. The molecule has 174 valence electrons. The van der Waals surface area contributed by atoms with Crippen molar-refractivity contribution in [2.45, 2.75) is 110 Å². The number of unbranched alkanes of at least 4 members (excludes halogenated alkanes) is 15. The smallest absolute Gasteiger partial charge is 0.142 e. The first-order chi connectivity index (χ1) is 14.8. The molecule has 0 fully saturated rings. The summed E-state index contributed by atoms with van der Waals surface area (Å²) in [5.41, 5.74) is 0.848. The fourth-order valence-electron chi connectivity index (χ4n) is 3.83. The molecule has 0 spiro atoms. The van der Waals surface area contributed by atoms with Crippen LogP contribution in [0.4, 0.5) is 5.69 Å². The third-order valence-corrected chi connectivity index (χ3v) is 5.80. The third-order valence-electron chi connectivity index (χ3n) is 5.64. The molecular weight excluding hydrogens is 394 g/mol. The summed E-state index contributed by atoms with van der Waals surface area (Å²) < 4.78 is 5.62. The molecule has 0 aliphatic heterocycles. The Balaban J connectivity index is 1.90. The molecule has 30 heavy (non-hydrogen) atoms. The SMILES string of the molecule is CCCCCCCCCCCCCCCCCCNc1cc(O)ccc1OCCCl. The van der Waals surface area contributed by atoms with Gasteiger partial charge in [0, 0.05) is 12.6 Å². The van der Waals surface area contributed by atoms with E-state index in [0.29, 0.717) is 12.5 Å². The van der Waals surface area contributed by atoms with Gasteiger partial charge >= 0.3 is 0 Å². The Bertz CT molecular complexity index is 510. The van der Waals surface area contributed by atoms with Gasteiger partial charge in [0.2, 0.25) is 0 Å². The molecule has 4 heteroatoms. The standard InChI is InChI=1S/C26H46ClNO2/c1-2-3-4-5-6-7-8-9-10-11-12-13-14-15-16-17-21-28-25-23-24(29)18-19-26(25)30-22-20-27/h18-19,23,28-29H,2-17,20-22H2,1H3. The number of rotatable bonds is 21. The molecule has 3 nitrogen and oxygen atoms in total. The van der Waals surface area contributed by atoms with Crippen LogP contribution in [0.1, 0.15) is 110 Å². The number of anilines is 1. The zero-order chi connectivity index (χ0) is 21.7. The Morgan fingerprint density at radius 3 is 1.77 bits per heavy atom. The molecule has 0 atom stereocenters. The second kappa shape index (κ2) is 19.8. The quantitative estimate of drug-likeness (QED) is 0.148. The van der Waals surface area contributed by atoms with E-state index in [9.17, 15) is 5.11 Å². The van der Waals surface area contributed by atoms with Gasteiger partial charge in [-0.2, -0.15) is 0 Å². The Kier molecular flexibility index (Phi) is 17.8. The summed E-state index contributed by atoms with van der Waals surface area (Å²) in [5, 5.41) is 13.1. The number of phenolic OH excluding ortho intramolecular Hbond substituents is 1. The van der Waals surface area contributed by atoms with Crippen molar-refractivity contribution in [1.29, 1.82) is 0 Å². The first-order valence-corrected chi connectivity index (χ1v) is 13.1. The number of alkyl halides is 1. The number of halogens is 1. The summed E-state index contributed by atoms with van der Waals surface area (Å²) in [5.74, 6) is 1.46. The number of hydrogen-bond donors (Lipinski definition) is 2. The van der Waals surface area contributed by atoms with Crippen molar-refractivity contribution in [3.8, 4) is 11.5 Å². The summed E-state index contributed by atoms with van der Waals surface area (Å²) >= 11 is 5.69. The van der Waals surface area contributed by atoms with Crippen LogP contribution in [0.25, 0.3) is 0 Å². The zero-order valence-electron chi connectivity index (χ0n) is 19.4. The zero-order valence-corrected chi connectivity index (χ0v) is 20.2. The van der Waals surface area contributed by atoms with Gasteiger partial charge in [0.05, 0.1) is 11.6 Å². The number of aromatic hydroxyl groups is 1. The lowest BCUT2D eigenvalue weighted by Gasteiger charge is -2.13. The highest BCUT2D eigenvalue weighted by atomic mass is 35.5. The van der Waals surface area contributed by atoms with E-state index in [1.807, 2.05) is 0 Å². The molecule has 0 unspecified atom stereocenters. The predicted molar refractivity (Wildman–Crippen MR) is 132 cm³/mol. The Morgan fingerprint density at radius 2 is 1.27 bits per heavy atom. The van der Waals surface area contributed by atoms with Crippen LogP contribution in [0.15, 0.2) is 18.2 Å². The molecule has 0 aliphatic carbocycles. The number of hydrogen-bond acceptors (Lipinski definition) is 3. The lowest BCUT2D eigenvalue weighted by atomic mass is 10.0. The molecule has 2 N–H and O–H groups in total. The lowest BCUT2D eigenvalue weighted by Crippen LogP contribution is -2.05. The van der Waals surface area contributed by atoms with Gasteiger partial charge < -0.3 is 15.2 Å². The molecule has 0 heterocycles. The van der Waals surface area contributed by atoms with Crippen molar-refractivity contribution >= 4 is 17.3 Å². The summed E-state index contributed by atoms with van der Waals surface area (Å²) in [7, 11) is 0. The minimum absolute atomic E-state index is 0.252. The number of ether oxygens (including phenoxy) is 1. The summed E-state index contributed by atoms with van der Waals surface area (Å²) in [6, 6.07) is 5.15. The van der Waals surface area contributed by atoms with E-state index < -0.39 is 0 Å². The largest absolute Gasteiger partial charge is 0.508 e. The van der Waals surface area contributed by atoms with Gasteiger partial charge in [-0.15, -0.1) is 11.6 Å². The molecule has 0 saturated carbocycles. The minimum atomic E-state index is 0.252. The highest BCUT2D eigenvalue weighted by Crippen LogP contribution is 2.28. The highest BCUT2D eigenvalue weighted by Gasteiger charge is 2.04. The fraction of sp³-hybridized carbons (Fsp3) is 0.769. The number of phenols is 1. The van der Waals surface area contributed by atoms with Crippen LogP contribution >= 0.6 is 11.6 Å². The van der Waals surface area contributed by atoms with Crippen LogP contribution in [-0.2, 0) is 0 Å². The predicted octanol–water partition coefficient (Wildman–Crippen LogP) is 8.68. The van der Waals surface area contributed by atoms with Gasteiger partial charge in [-0.3, -0.25) is 0 Å². The van der Waals surface area contributed by atoms with Crippen molar-refractivity contribution in [2.24, 2.45) is 0 Å². The molecule has 0 amide bonds. The monoisotopic (exact) mass is 439 g/mol. The average molecular weight is 440 g/mol. The van der Waals surface area contributed by atoms with Gasteiger partial charge in [-0.05, 0) is 18.6 Å².